The zero-order valence-corrected chi connectivity index (χ0v) is 17.4. The first-order valence-electron chi connectivity index (χ1n) is 9.62. The van der Waals surface area contributed by atoms with E-state index < -0.39 is 12.8 Å². The smallest absolute Gasteiger partial charge is 0.411 e. The number of para-hydroxylation sites is 1. The summed E-state index contributed by atoms with van der Waals surface area (Å²) >= 11 is 0. The fourth-order valence-electron chi connectivity index (χ4n) is 2.88. The molecule has 0 aliphatic heterocycles. The molecule has 0 radical (unpaired) electrons. The highest BCUT2D eigenvalue weighted by Crippen LogP contribution is 2.25. The van der Waals surface area contributed by atoms with Crippen LogP contribution in [0.4, 0.5) is 13.2 Å². The predicted molar refractivity (Wildman–Crippen MR) is 112 cm³/mol. The second kappa shape index (κ2) is 11.4. The fourth-order valence-corrected chi connectivity index (χ4v) is 2.88. The molecule has 2 N–H and O–H groups in total. The molecule has 2 aromatic rings. The van der Waals surface area contributed by atoms with Crippen LogP contribution in [0, 0.1) is 0 Å². The molecule has 0 aliphatic carbocycles. The SMILES string of the molecule is CN=C(NCc1ccc(COCC(F)(F)F)cc1)NCC(C)c1ccccc1OC. The number of hydrogen-bond acceptors (Lipinski definition) is 3. The second-order valence-electron chi connectivity index (χ2n) is 6.87. The van der Waals surface area contributed by atoms with E-state index in [1.165, 1.54) is 0 Å². The van der Waals surface area contributed by atoms with Gasteiger partial charge >= 0.3 is 6.18 Å². The Bertz CT molecular complexity index is 808. The zero-order valence-electron chi connectivity index (χ0n) is 17.4. The molecule has 0 aromatic heterocycles. The van der Waals surface area contributed by atoms with E-state index in [1.54, 1.807) is 26.3 Å². The maximum Gasteiger partial charge on any atom is 0.411 e. The molecule has 0 amide bonds. The van der Waals surface area contributed by atoms with Crippen molar-refractivity contribution in [2.24, 2.45) is 4.99 Å². The fraction of sp³-hybridized carbons (Fsp3) is 0.409. The lowest BCUT2D eigenvalue weighted by molar-refractivity contribution is -0.176. The van der Waals surface area contributed by atoms with Crippen molar-refractivity contribution in [3.05, 3.63) is 65.2 Å². The van der Waals surface area contributed by atoms with Crippen LogP contribution in [-0.2, 0) is 17.9 Å². The van der Waals surface area contributed by atoms with Gasteiger partial charge in [0.05, 0.1) is 13.7 Å². The third kappa shape index (κ3) is 7.94. The molecule has 8 heteroatoms. The van der Waals surface area contributed by atoms with Gasteiger partial charge in [-0.2, -0.15) is 13.2 Å². The molecule has 1 unspecified atom stereocenters. The predicted octanol–water partition coefficient (Wildman–Crippen LogP) is 4.24. The van der Waals surface area contributed by atoms with Crippen molar-refractivity contribution in [3.63, 3.8) is 0 Å². The topological polar surface area (TPSA) is 54.9 Å². The van der Waals surface area contributed by atoms with Gasteiger partial charge in [-0.3, -0.25) is 4.99 Å². The van der Waals surface area contributed by atoms with E-state index in [9.17, 15) is 13.2 Å². The average Bonchev–Trinajstić information content (AvgIpc) is 2.73. The van der Waals surface area contributed by atoms with Crippen molar-refractivity contribution < 1.29 is 22.6 Å². The molecule has 30 heavy (non-hydrogen) atoms. The Labute approximate surface area is 175 Å². The van der Waals surface area contributed by atoms with Crippen LogP contribution in [-0.4, -0.2) is 39.4 Å². The van der Waals surface area contributed by atoms with Crippen LogP contribution >= 0.6 is 0 Å². The Hall–Kier alpha value is -2.74. The Kier molecular flexibility index (Phi) is 8.98. The quantitative estimate of drug-likeness (QED) is 0.468. The number of alkyl halides is 3. The lowest BCUT2D eigenvalue weighted by Gasteiger charge is -2.18. The lowest BCUT2D eigenvalue weighted by atomic mass is 10.0. The summed E-state index contributed by atoms with van der Waals surface area (Å²) in [5, 5.41) is 6.53. The van der Waals surface area contributed by atoms with Crippen molar-refractivity contribution in [2.75, 3.05) is 27.3 Å². The van der Waals surface area contributed by atoms with Crippen LogP contribution < -0.4 is 15.4 Å². The monoisotopic (exact) mass is 423 g/mol. The number of hydrogen-bond donors (Lipinski definition) is 2. The third-order valence-electron chi connectivity index (χ3n) is 4.49. The van der Waals surface area contributed by atoms with Crippen molar-refractivity contribution in [1.82, 2.24) is 10.6 Å². The van der Waals surface area contributed by atoms with E-state index in [4.69, 9.17) is 4.74 Å². The normalized spacial score (nSPS) is 13.1. The maximum atomic E-state index is 12.1. The number of nitrogens with one attached hydrogen (secondary N) is 2. The number of rotatable bonds is 9. The van der Waals surface area contributed by atoms with Crippen LogP contribution in [0.25, 0.3) is 0 Å². The minimum Gasteiger partial charge on any atom is -0.496 e. The van der Waals surface area contributed by atoms with Gasteiger partial charge in [-0.15, -0.1) is 0 Å². The summed E-state index contributed by atoms with van der Waals surface area (Å²) < 4.78 is 46.5. The van der Waals surface area contributed by atoms with Gasteiger partial charge in [0.25, 0.3) is 0 Å². The van der Waals surface area contributed by atoms with Crippen LogP contribution in [0.2, 0.25) is 0 Å². The molecule has 0 saturated heterocycles. The molecule has 0 bridgehead atoms. The van der Waals surface area contributed by atoms with E-state index in [1.807, 2.05) is 36.4 Å². The molecule has 1 atom stereocenters. The molecule has 0 spiro atoms. The summed E-state index contributed by atoms with van der Waals surface area (Å²) in [6.07, 6.45) is -4.31. The first-order valence-corrected chi connectivity index (χ1v) is 9.62. The third-order valence-corrected chi connectivity index (χ3v) is 4.49. The van der Waals surface area contributed by atoms with Crippen LogP contribution in [0.3, 0.4) is 0 Å². The highest BCUT2D eigenvalue weighted by Gasteiger charge is 2.27. The second-order valence-corrected chi connectivity index (χ2v) is 6.87. The van der Waals surface area contributed by atoms with Gasteiger partial charge < -0.3 is 20.1 Å². The van der Waals surface area contributed by atoms with Crippen LogP contribution in [0.5, 0.6) is 5.75 Å². The standard InChI is InChI=1S/C22H28F3N3O2/c1-16(19-6-4-5-7-20(19)29-3)12-27-21(26-2)28-13-17-8-10-18(11-9-17)14-30-15-22(23,24)25/h4-11,16H,12-15H2,1-3H3,(H2,26,27,28). The number of benzene rings is 2. The number of methoxy groups -OCH3 is 1. The van der Waals surface area contributed by atoms with Crippen molar-refractivity contribution in [1.29, 1.82) is 0 Å². The number of aliphatic imine (C=N–C) groups is 1. The number of nitrogens with zero attached hydrogens (tertiary/aromatic N) is 1. The number of ether oxygens (including phenoxy) is 2. The van der Waals surface area contributed by atoms with Gasteiger partial charge in [-0.25, -0.2) is 0 Å². The van der Waals surface area contributed by atoms with Crippen molar-refractivity contribution in [3.8, 4) is 5.75 Å². The van der Waals surface area contributed by atoms with Gasteiger partial charge in [0, 0.05) is 26.1 Å². The number of guanidine groups is 1. The summed E-state index contributed by atoms with van der Waals surface area (Å²) in [5.41, 5.74) is 2.79. The molecule has 0 fully saturated rings. The minimum atomic E-state index is -4.31. The highest BCUT2D eigenvalue weighted by atomic mass is 19.4. The Morgan fingerprint density at radius 2 is 1.70 bits per heavy atom. The Morgan fingerprint density at radius 3 is 2.33 bits per heavy atom. The zero-order chi connectivity index (χ0) is 22.0. The Morgan fingerprint density at radius 1 is 1.03 bits per heavy atom. The van der Waals surface area contributed by atoms with E-state index >= 15 is 0 Å². The van der Waals surface area contributed by atoms with Crippen molar-refractivity contribution in [2.45, 2.75) is 32.2 Å². The molecule has 0 aliphatic rings. The van der Waals surface area contributed by atoms with Crippen LogP contribution in [0.1, 0.15) is 29.5 Å². The highest BCUT2D eigenvalue weighted by molar-refractivity contribution is 5.79. The van der Waals surface area contributed by atoms with Gasteiger partial charge in [-0.05, 0) is 22.8 Å². The van der Waals surface area contributed by atoms with E-state index in [-0.39, 0.29) is 12.5 Å². The number of halogens is 3. The molecule has 2 rings (SSSR count). The van der Waals surface area contributed by atoms with Gasteiger partial charge in [0.15, 0.2) is 5.96 Å². The minimum absolute atomic E-state index is 0.0721. The van der Waals surface area contributed by atoms with E-state index in [2.05, 4.69) is 27.3 Å². The molecule has 5 nitrogen and oxygen atoms in total. The summed E-state index contributed by atoms with van der Waals surface area (Å²) in [4.78, 5) is 4.23. The van der Waals surface area contributed by atoms with Crippen LogP contribution in [0.15, 0.2) is 53.5 Å². The molecule has 164 valence electrons. The molecular formula is C22H28F3N3O2. The maximum absolute atomic E-state index is 12.1. The van der Waals surface area contributed by atoms with Gasteiger partial charge in [-0.1, -0.05) is 49.4 Å². The average molecular weight is 423 g/mol. The summed E-state index contributed by atoms with van der Waals surface area (Å²) in [6, 6.07) is 15.1. The first-order chi connectivity index (χ1) is 14.3. The summed E-state index contributed by atoms with van der Waals surface area (Å²) in [6.45, 7) is 2.00. The van der Waals surface area contributed by atoms with E-state index in [0.29, 0.717) is 24.6 Å². The molecule has 2 aromatic carbocycles. The molecule has 0 heterocycles. The summed E-state index contributed by atoms with van der Waals surface area (Å²) in [7, 11) is 3.36. The molecule has 0 saturated carbocycles. The summed E-state index contributed by atoms with van der Waals surface area (Å²) in [5.74, 6) is 1.74. The van der Waals surface area contributed by atoms with Crippen molar-refractivity contribution >= 4 is 5.96 Å². The largest absolute Gasteiger partial charge is 0.496 e. The van der Waals surface area contributed by atoms with E-state index in [0.717, 1.165) is 16.9 Å². The molecular weight excluding hydrogens is 395 g/mol. The lowest BCUT2D eigenvalue weighted by Crippen LogP contribution is -2.38. The van der Waals surface area contributed by atoms with Gasteiger partial charge in [0.2, 0.25) is 0 Å². The first kappa shape index (κ1) is 23.5. The van der Waals surface area contributed by atoms with Gasteiger partial charge in [0.1, 0.15) is 12.4 Å². The Balaban J connectivity index is 1.80.